The minimum atomic E-state index is 0.207. The molecule has 3 aromatic rings. The van der Waals surface area contributed by atoms with Crippen LogP contribution in [0.25, 0.3) is 10.9 Å². The number of rotatable bonds is 4. The van der Waals surface area contributed by atoms with Gasteiger partial charge in [-0.15, -0.1) is 11.3 Å². The maximum atomic E-state index is 6.10. The lowest BCUT2D eigenvalue weighted by Gasteiger charge is -2.12. The molecular formula is C16H18N4S. The van der Waals surface area contributed by atoms with Crippen LogP contribution in [0.3, 0.4) is 0 Å². The Morgan fingerprint density at radius 3 is 2.90 bits per heavy atom. The summed E-state index contributed by atoms with van der Waals surface area (Å²) in [6, 6.07) is 10.1. The third-order valence-corrected chi connectivity index (χ3v) is 4.50. The van der Waals surface area contributed by atoms with Crippen molar-refractivity contribution in [1.29, 1.82) is 0 Å². The van der Waals surface area contributed by atoms with Gasteiger partial charge in [0.2, 0.25) is 0 Å². The number of nitrogens with one attached hydrogen (secondary N) is 1. The number of benzene rings is 1. The fourth-order valence-electron chi connectivity index (χ4n) is 2.27. The Morgan fingerprint density at radius 2 is 2.14 bits per heavy atom. The minimum absolute atomic E-state index is 0.207. The van der Waals surface area contributed by atoms with Crippen LogP contribution in [0, 0.1) is 6.92 Å². The van der Waals surface area contributed by atoms with Gasteiger partial charge in [-0.1, -0.05) is 18.2 Å². The van der Waals surface area contributed by atoms with Crippen LogP contribution in [0.1, 0.15) is 28.5 Å². The SMILES string of the molecule is Cc1cnc(C(C)NCc2cc(N)c3ccccc3n2)s1. The van der Waals surface area contributed by atoms with Crippen molar-refractivity contribution < 1.29 is 0 Å². The predicted molar refractivity (Wildman–Crippen MR) is 88.3 cm³/mol. The zero-order valence-corrected chi connectivity index (χ0v) is 12.9. The molecule has 0 spiro atoms. The van der Waals surface area contributed by atoms with Gasteiger partial charge in [-0.3, -0.25) is 4.98 Å². The topological polar surface area (TPSA) is 63.8 Å². The molecular weight excluding hydrogens is 280 g/mol. The summed E-state index contributed by atoms with van der Waals surface area (Å²) < 4.78 is 0. The van der Waals surface area contributed by atoms with Gasteiger partial charge < -0.3 is 11.1 Å². The molecule has 2 heterocycles. The van der Waals surface area contributed by atoms with Crippen LogP contribution in [0.5, 0.6) is 0 Å². The number of aryl methyl sites for hydroxylation is 1. The standard InChI is InChI=1S/C16H18N4S/c1-10-8-19-16(21-10)11(2)18-9-12-7-14(17)13-5-3-4-6-15(13)20-12/h3-8,11,18H,9H2,1-2H3,(H2,17,20). The lowest BCUT2D eigenvalue weighted by molar-refractivity contribution is 0.566. The second-order valence-electron chi connectivity index (χ2n) is 5.13. The molecule has 0 aliphatic carbocycles. The zero-order chi connectivity index (χ0) is 14.8. The van der Waals surface area contributed by atoms with Crippen molar-refractivity contribution in [2.24, 2.45) is 0 Å². The number of nitrogens with two attached hydrogens (primary N) is 1. The van der Waals surface area contributed by atoms with Gasteiger partial charge in [0.15, 0.2) is 0 Å². The average Bonchev–Trinajstić information content (AvgIpc) is 2.91. The fourth-order valence-corrected chi connectivity index (χ4v) is 3.07. The van der Waals surface area contributed by atoms with Gasteiger partial charge >= 0.3 is 0 Å². The van der Waals surface area contributed by atoms with Crippen LogP contribution in [-0.4, -0.2) is 9.97 Å². The first-order valence-electron chi connectivity index (χ1n) is 6.93. The van der Waals surface area contributed by atoms with Crippen molar-refractivity contribution in [1.82, 2.24) is 15.3 Å². The highest BCUT2D eigenvalue weighted by Gasteiger charge is 2.10. The first-order chi connectivity index (χ1) is 10.1. The molecule has 1 unspecified atom stereocenters. The molecule has 0 aliphatic rings. The molecule has 0 amide bonds. The lowest BCUT2D eigenvalue weighted by Crippen LogP contribution is -2.18. The molecule has 1 atom stereocenters. The van der Waals surface area contributed by atoms with Crippen LogP contribution in [0.15, 0.2) is 36.5 Å². The van der Waals surface area contributed by atoms with Crippen molar-refractivity contribution in [3.63, 3.8) is 0 Å². The summed E-state index contributed by atoms with van der Waals surface area (Å²) in [7, 11) is 0. The Kier molecular flexibility index (Phi) is 3.86. The molecule has 0 radical (unpaired) electrons. The highest BCUT2D eigenvalue weighted by molar-refractivity contribution is 7.11. The Labute approximate surface area is 128 Å². The summed E-state index contributed by atoms with van der Waals surface area (Å²) in [5, 5.41) is 5.55. The number of para-hydroxylation sites is 1. The van der Waals surface area contributed by atoms with E-state index in [9.17, 15) is 0 Å². The molecule has 108 valence electrons. The summed E-state index contributed by atoms with van der Waals surface area (Å²) >= 11 is 1.72. The Morgan fingerprint density at radius 1 is 1.33 bits per heavy atom. The van der Waals surface area contributed by atoms with E-state index in [0.717, 1.165) is 27.3 Å². The number of hydrogen-bond acceptors (Lipinski definition) is 5. The molecule has 4 nitrogen and oxygen atoms in total. The number of anilines is 1. The summed E-state index contributed by atoms with van der Waals surface area (Å²) in [6.07, 6.45) is 1.91. The number of nitrogens with zero attached hydrogens (tertiary/aromatic N) is 2. The van der Waals surface area contributed by atoms with Crippen LogP contribution >= 0.6 is 11.3 Å². The Hall–Kier alpha value is -1.98. The first-order valence-corrected chi connectivity index (χ1v) is 7.75. The molecule has 0 fully saturated rings. The van der Waals surface area contributed by atoms with Gasteiger partial charge in [0.05, 0.1) is 17.3 Å². The van der Waals surface area contributed by atoms with E-state index in [1.165, 1.54) is 4.88 Å². The molecule has 0 bridgehead atoms. The van der Waals surface area contributed by atoms with E-state index in [0.29, 0.717) is 6.54 Å². The zero-order valence-electron chi connectivity index (χ0n) is 12.1. The minimum Gasteiger partial charge on any atom is -0.398 e. The lowest BCUT2D eigenvalue weighted by atomic mass is 10.1. The van der Waals surface area contributed by atoms with Crippen molar-refractivity contribution in [2.45, 2.75) is 26.4 Å². The molecule has 2 aromatic heterocycles. The van der Waals surface area contributed by atoms with Gasteiger partial charge in [-0.25, -0.2) is 4.98 Å². The van der Waals surface area contributed by atoms with Gasteiger partial charge in [0, 0.05) is 28.7 Å². The highest BCUT2D eigenvalue weighted by Crippen LogP contribution is 2.22. The second kappa shape index (κ2) is 5.79. The Balaban J connectivity index is 1.76. The highest BCUT2D eigenvalue weighted by atomic mass is 32.1. The molecule has 3 rings (SSSR count). The molecule has 0 aliphatic heterocycles. The average molecular weight is 298 g/mol. The van der Waals surface area contributed by atoms with Gasteiger partial charge in [0.25, 0.3) is 0 Å². The molecule has 0 saturated heterocycles. The first kappa shape index (κ1) is 14.0. The van der Waals surface area contributed by atoms with E-state index in [1.54, 1.807) is 11.3 Å². The maximum absolute atomic E-state index is 6.10. The van der Waals surface area contributed by atoms with E-state index in [-0.39, 0.29) is 6.04 Å². The Bertz CT molecular complexity index is 766. The summed E-state index contributed by atoms with van der Waals surface area (Å²) in [5.41, 5.74) is 8.76. The van der Waals surface area contributed by atoms with E-state index < -0.39 is 0 Å². The maximum Gasteiger partial charge on any atom is 0.109 e. The van der Waals surface area contributed by atoms with Crippen molar-refractivity contribution in [2.75, 3.05) is 5.73 Å². The van der Waals surface area contributed by atoms with Gasteiger partial charge in [0.1, 0.15) is 5.01 Å². The molecule has 21 heavy (non-hydrogen) atoms. The third kappa shape index (κ3) is 3.04. The summed E-state index contributed by atoms with van der Waals surface area (Å²) in [5.74, 6) is 0. The van der Waals surface area contributed by atoms with Crippen LogP contribution in [0.4, 0.5) is 5.69 Å². The van der Waals surface area contributed by atoms with Crippen LogP contribution < -0.4 is 11.1 Å². The summed E-state index contributed by atoms with van der Waals surface area (Å²) in [4.78, 5) is 10.3. The van der Waals surface area contributed by atoms with Crippen molar-refractivity contribution >= 4 is 27.9 Å². The number of fused-ring (bicyclic) bond motifs is 1. The fraction of sp³-hybridized carbons (Fsp3) is 0.250. The molecule has 1 aromatic carbocycles. The summed E-state index contributed by atoms with van der Waals surface area (Å²) in [6.45, 7) is 4.86. The van der Waals surface area contributed by atoms with E-state index in [4.69, 9.17) is 5.73 Å². The number of pyridine rings is 1. The largest absolute Gasteiger partial charge is 0.398 e. The van der Waals surface area contributed by atoms with E-state index >= 15 is 0 Å². The number of thiazole rings is 1. The van der Waals surface area contributed by atoms with E-state index in [2.05, 4.69) is 29.1 Å². The van der Waals surface area contributed by atoms with E-state index in [1.807, 2.05) is 36.5 Å². The number of aromatic nitrogens is 2. The van der Waals surface area contributed by atoms with Gasteiger partial charge in [-0.2, -0.15) is 0 Å². The smallest absolute Gasteiger partial charge is 0.109 e. The van der Waals surface area contributed by atoms with Crippen LogP contribution in [0.2, 0.25) is 0 Å². The quantitative estimate of drug-likeness (QED) is 0.774. The third-order valence-electron chi connectivity index (χ3n) is 3.40. The number of nitrogen functional groups attached to an aromatic ring is 1. The molecule has 5 heteroatoms. The molecule has 3 N–H and O–H groups in total. The monoisotopic (exact) mass is 298 g/mol. The number of hydrogen-bond donors (Lipinski definition) is 2. The van der Waals surface area contributed by atoms with Gasteiger partial charge in [-0.05, 0) is 26.0 Å². The van der Waals surface area contributed by atoms with Crippen LogP contribution in [-0.2, 0) is 6.54 Å². The normalized spacial score (nSPS) is 12.7. The predicted octanol–water partition coefficient (Wildman–Crippen LogP) is 3.43. The van der Waals surface area contributed by atoms with Crippen molar-refractivity contribution in [3.8, 4) is 0 Å². The van der Waals surface area contributed by atoms with Crippen molar-refractivity contribution in [3.05, 3.63) is 52.1 Å². The molecule has 0 saturated carbocycles. The second-order valence-corrected chi connectivity index (χ2v) is 6.40.